The molecule has 0 spiro atoms. The molecule has 4 aromatic rings. The third-order valence-electron chi connectivity index (χ3n) is 3.99. The van der Waals surface area contributed by atoms with Crippen LogP contribution in [0.15, 0.2) is 72.4 Å². The van der Waals surface area contributed by atoms with Gasteiger partial charge in [0.05, 0.1) is 17.1 Å². The summed E-state index contributed by atoms with van der Waals surface area (Å²) >= 11 is 1.38. The van der Waals surface area contributed by atoms with Crippen molar-refractivity contribution in [3.05, 3.63) is 88.5 Å². The van der Waals surface area contributed by atoms with Gasteiger partial charge in [0, 0.05) is 23.6 Å². The standard InChI is InChI=1S/C20H16N4O2S/c25-19(21-12-16-13-24-10-2-1-5-18(24)22-16)14-6-8-15(9-7-14)23-20(26)17-4-3-11-27-17/h1-11,13H,12H2,(H,21,25)(H,23,26). The summed E-state index contributed by atoms with van der Waals surface area (Å²) in [5, 5.41) is 7.52. The molecule has 0 saturated heterocycles. The van der Waals surface area contributed by atoms with Crippen LogP contribution in [0.5, 0.6) is 0 Å². The number of nitrogens with one attached hydrogen (secondary N) is 2. The lowest BCUT2D eigenvalue weighted by Gasteiger charge is -2.06. The number of pyridine rings is 1. The maximum Gasteiger partial charge on any atom is 0.265 e. The van der Waals surface area contributed by atoms with Crippen LogP contribution in [0.3, 0.4) is 0 Å². The van der Waals surface area contributed by atoms with Crippen LogP contribution >= 0.6 is 11.3 Å². The number of nitrogens with zero attached hydrogens (tertiary/aromatic N) is 2. The molecule has 3 heterocycles. The molecule has 0 unspecified atom stereocenters. The largest absolute Gasteiger partial charge is 0.346 e. The summed E-state index contributed by atoms with van der Waals surface area (Å²) in [6, 6.07) is 16.1. The first kappa shape index (κ1) is 17.0. The molecule has 134 valence electrons. The Hall–Kier alpha value is -3.45. The number of fused-ring (bicyclic) bond motifs is 1. The Balaban J connectivity index is 1.36. The smallest absolute Gasteiger partial charge is 0.265 e. The zero-order valence-corrected chi connectivity index (χ0v) is 15.1. The topological polar surface area (TPSA) is 75.5 Å². The molecule has 0 fully saturated rings. The minimum absolute atomic E-state index is 0.158. The molecule has 3 aromatic heterocycles. The first-order valence-electron chi connectivity index (χ1n) is 8.35. The van der Waals surface area contributed by atoms with Crippen LogP contribution in [0.2, 0.25) is 0 Å². The quantitative estimate of drug-likeness (QED) is 0.559. The van der Waals surface area contributed by atoms with E-state index >= 15 is 0 Å². The molecule has 4 rings (SSSR count). The number of thiophene rings is 1. The molecular weight excluding hydrogens is 360 g/mol. The SMILES string of the molecule is O=C(NCc1cn2ccccc2n1)c1ccc(NC(=O)c2cccs2)cc1. The molecule has 2 amide bonds. The third-order valence-corrected chi connectivity index (χ3v) is 4.86. The minimum Gasteiger partial charge on any atom is -0.346 e. The number of carbonyl (C=O) groups is 2. The number of amides is 2. The molecule has 7 heteroatoms. The molecule has 0 bridgehead atoms. The van der Waals surface area contributed by atoms with Gasteiger partial charge in [0.15, 0.2) is 0 Å². The Morgan fingerprint density at radius 1 is 1.00 bits per heavy atom. The van der Waals surface area contributed by atoms with E-state index in [0.29, 0.717) is 22.7 Å². The summed E-state index contributed by atoms with van der Waals surface area (Å²) in [7, 11) is 0. The summed E-state index contributed by atoms with van der Waals surface area (Å²) in [4.78, 5) is 29.5. The fourth-order valence-electron chi connectivity index (χ4n) is 2.65. The summed E-state index contributed by atoms with van der Waals surface area (Å²) in [6.07, 6.45) is 3.80. The van der Waals surface area contributed by atoms with Crippen LogP contribution in [-0.2, 0) is 6.54 Å². The van der Waals surface area contributed by atoms with E-state index < -0.39 is 0 Å². The Morgan fingerprint density at radius 2 is 1.85 bits per heavy atom. The van der Waals surface area contributed by atoms with Gasteiger partial charge in [-0.15, -0.1) is 11.3 Å². The number of carbonyl (C=O) groups excluding carboxylic acids is 2. The number of hydrogen-bond donors (Lipinski definition) is 2. The predicted octanol–water partition coefficient (Wildman–Crippen LogP) is 3.58. The van der Waals surface area contributed by atoms with Crippen LogP contribution in [0, 0.1) is 0 Å². The summed E-state index contributed by atoms with van der Waals surface area (Å²) < 4.78 is 1.91. The van der Waals surface area contributed by atoms with Gasteiger partial charge in [0.2, 0.25) is 0 Å². The maximum absolute atomic E-state index is 12.3. The van der Waals surface area contributed by atoms with Crippen molar-refractivity contribution in [3.63, 3.8) is 0 Å². The summed E-state index contributed by atoms with van der Waals surface area (Å²) in [6.45, 7) is 0.345. The number of rotatable bonds is 5. The van der Waals surface area contributed by atoms with Gasteiger partial charge in [0.25, 0.3) is 11.8 Å². The second kappa shape index (κ2) is 7.43. The monoisotopic (exact) mass is 376 g/mol. The Kier molecular flexibility index (Phi) is 4.67. The first-order valence-corrected chi connectivity index (χ1v) is 9.23. The second-order valence-electron chi connectivity index (χ2n) is 5.89. The van der Waals surface area contributed by atoms with Gasteiger partial charge in [-0.1, -0.05) is 12.1 Å². The average Bonchev–Trinajstić information content (AvgIpc) is 3.36. The predicted molar refractivity (Wildman–Crippen MR) is 105 cm³/mol. The van der Waals surface area contributed by atoms with Crippen molar-refractivity contribution in [1.82, 2.24) is 14.7 Å². The zero-order valence-electron chi connectivity index (χ0n) is 14.3. The van der Waals surface area contributed by atoms with Gasteiger partial charge in [0.1, 0.15) is 5.65 Å². The molecular formula is C20H16N4O2S. The van der Waals surface area contributed by atoms with E-state index in [0.717, 1.165) is 11.3 Å². The van der Waals surface area contributed by atoms with Crippen LogP contribution in [0.25, 0.3) is 5.65 Å². The normalized spacial score (nSPS) is 10.7. The van der Waals surface area contributed by atoms with E-state index in [1.807, 2.05) is 46.4 Å². The number of benzene rings is 1. The van der Waals surface area contributed by atoms with Gasteiger partial charge >= 0.3 is 0 Å². The maximum atomic E-state index is 12.3. The van der Waals surface area contributed by atoms with Crippen molar-refractivity contribution in [2.24, 2.45) is 0 Å². The molecule has 0 aliphatic rings. The number of hydrogen-bond acceptors (Lipinski definition) is 4. The molecule has 1 aromatic carbocycles. The van der Waals surface area contributed by atoms with Gasteiger partial charge < -0.3 is 15.0 Å². The van der Waals surface area contributed by atoms with Gasteiger partial charge in [-0.25, -0.2) is 4.98 Å². The van der Waals surface area contributed by atoms with Crippen LogP contribution in [0.1, 0.15) is 25.7 Å². The van der Waals surface area contributed by atoms with Crippen LogP contribution < -0.4 is 10.6 Å². The highest BCUT2D eigenvalue weighted by molar-refractivity contribution is 7.12. The zero-order chi connectivity index (χ0) is 18.6. The van der Waals surface area contributed by atoms with Crippen molar-refractivity contribution in [3.8, 4) is 0 Å². The molecule has 0 saturated carbocycles. The molecule has 0 atom stereocenters. The molecule has 0 aliphatic carbocycles. The van der Waals surface area contributed by atoms with Crippen molar-refractivity contribution in [2.75, 3.05) is 5.32 Å². The first-order chi connectivity index (χ1) is 13.2. The highest BCUT2D eigenvalue weighted by Crippen LogP contribution is 2.14. The molecule has 2 N–H and O–H groups in total. The van der Waals surface area contributed by atoms with Gasteiger partial charge in [-0.05, 0) is 47.8 Å². The fourth-order valence-corrected chi connectivity index (χ4v) is 3.27. The highest BCUT2D eigenvalue weighted by Gasteiger charge is 2.09. The van der Waals surface area contributed by atoms with Crippen molar-refractivity contribution in [2.45, 2.75) is 6.54 Å². The fraction of sp³-hybridized carbons (Fsp3) is 0.0500. The molecule has 0 radical (unpaired) electrons. The van der Waals surface area contributed by atoms with E-state index in [-0.39, 0.29) is 11.8 Å². The van der Waals surface area contributed by atoms with E-state index in [9.17, 15) is 9.59 Å². The lowest BCUT2D eigenvalue weighted by atomic mass is 10.2. The van der Waals surface area contributed by atoms with E-state index in [4.69, 9.17) is 0 Å². The number of aromatic nitrogens is 2. The average molecular weight is 376 g/mol. The number of imidazole rings is 1. The third kappa shape index (κ3) is 3.88. The Labute approximate surface area is 159 Å². The summed E-state index contributed by atoms with van der Waals surface area (Å²) in [5.41, 5.74) is 2.79. The van der Waals surface area contributed by atoms with E-state index in [2.05, 4.69) is 15.6 Å². The van der Waals surface area contributed by atoms with Crippen molar-refractivity contribution >= 4 is 34.5 Å². The Morgan fingerprint density at radius 3 is 2.59 bits per heavy atom. The van der Waals surface area contributed by atoms with Crippen molar-refractivity contribution < 1.29 is 9.59 Å². The molecule has 27 heavy (non-hydrogen) atoms. The van der Waals surface area contributed by atoms with Crippen molar-refractivity contribution in [1.29, 1.82) is 0 Å². The minimum atomic E-state index is -0.191. The second-order valence-corrected chi connectivity index (χ2v) is 6.84. The van der Waals surface area contributed by atoms with Crippen LogP contribution in [-0.4, -0.2) is 21.2 Å². The molecule has 6 nitrogen and oxygen atoms in total. The number of anilines is 1. The highest BCUT2D eigenvalue weighted by atomic mass is 32.1. The van der Waals surface area contributed by atoms with E-state index in [1.165, 1.54) is 11.3 Å². The van der Waals surface area contributed by atoms with Gasteiger partial charge in [-0.2, -0.15) is 0 Å². The van der Waals surface area contributed by atoms with E-state index in [1.54, 1.807) is 30.3 Å². The lowest BCUT2D eigenvalue weighted by Crippen LogP contribution is -2.23. The lowest BCUT2D eigenvalue weighted by molar-refractivity contribution is 0.0950. The van der Waals surface area contributed by atoms with Gasteiger partial charge in [-0.3, -0.25) is 9.59 Å². The Bertz CT molecular complexity index is 1050. The van der Waals surface area contributed by atoms with Crippen LogP contribution in [0.4, 0.5) is 5.69 Å². The summed E-state index contributed by atoms with van der Waals surface area (Å²) in [5.74, 6) is -0.350. The molecule has 0 aliphatic heterocycles.